The second-order valence-electron chi connectivity index (χ2n) is 3.74. The zero-order valence-electron chi connectivity index (χ0n) is 9.35. The van der Waals surface area contributed by atoms with Gasteiger partial charge in [0.05, 0.1) is 16.9 Å². The Morgan fingerprint density at radius 2 is 2.00 bits per heavy atom. The Bertz CT molecular complexity index is 599. The molecule has 0 aromatic heterocycles. The zero-order valence-corrected chi connectivity index (χ0v) is 10.1. The maximum Gasteiger partial charge on any atom is 0.335 e. The number of hydrogen-bond donors (Lipinski definition) is 3. The molecule has 2 aromatic carbocycles. The van der Waals surface area contributed by atoms with Crippen LogP contribution in [0.15, 0.2) is 42.5 Å². The molecule has 0 bridgehead atoms. The minimum atomic E-state index is -0.996. The fourth-order valence-corrected chi connectivity index (χ4v) is 1.71. The van der Waals surface area contributed by atoms with Crippen LogP contribution in [0.2, 0.25) is 5.02 Å². The SMILES string of the molecule is Nc1ccc(C(=O)O)cc1Nc1cccc(Cl)c1. The Balaban J connectivity index is 2.33. The molecule has 18 heavy (non-hydrogen) atoms. The van der Waals surface area contributed by atoms with Gasteiger partial charge in [0.2, 0.25) is 0 Å². The Kier molecular flexibility index (Phi) is 3.39. The van der Waals surface area contributed by atoms with Gasteiger partial charge in [0.25, 0.3) is 0 Å². The molecule has 4 nitrogen and oxygen atoms in total. The highest BCUT2D eigenvalue weighted by Gasteiger charge is 2.07. The van der Waals surface area contributed by atoms with Crippen molar-refractivity contribution in [3.8, 4) is 0 Å². The highest BCUT2D eigenvalue weighted by atomic mass is 35.5. The molecule has 2 rings (SSSR count). The van der Waals surface area contributed by atoms with Gasteiger partial charge in [-0.25, -0.2) is 4.79 Å². The largest absolute Gasteiger partial charge is 0.478 e. The van der Waals surface area contributed by atoms with Gasteiger partial charge in [-0.2, -0.15) is 0 Å². The molecule has 92 valence electrons. The Morgan fingerprint density at radius 1 is 1.22 bits per heavy atom. The van der Waals surface area contributed by atoms with E-state index in [-0.39, 0.29) is 5.56 Å². The predicted octanol–water partition coefficient (Wildman–Crippen LogP) is 3.36. The van der Waals surface area contributed by atoms with Crippen LogP contribution in [-0.4, -0.2) is 11.1 Å². The van der Waals surface area contributed by atoms with Gasteiger partial charge in [0, 0.05) is 10.7 Å². The molecule has 0 aliphatic carbocycles. The summed E-state index contributed by atoms with van der Waals surface area (Å²) in [5, 5.41) is 12.5. The third-order valence-electron chi connectivity index (χ3n) is 2.40. The van der Waals surface area contributed by atoms with Gasteiger partial charge < -0.3 is 16.2 Å². The summed E-state index contributed by atoms with van der Waals surface area (Å²) in [6, 6.07) is 11.6. The number of carboxylic acids is 1. The van der Waals surface area contributed by atoms with Crippen LogP contribution >= 0.6 is 11.6 Å². The third-order valence-corrected chi connectivity index (χ3v) is 2.64. The number of carbonyl (C=O) groups is 1. The van der Waals surface area contributed by atoms with E-state index in [0.717, 1.165) is 5.69 Å². The first-order chi connectivity index (χ1) is 8.56. The number of nitrogen functional groups attached to an aromatic ring is 1. The van der Waals surface area contributed by atoms with Crippen molar-refractivity contribution in [2.75, 3.05) is 11.1 Å². The van der Waals surface area contributed by atoms with Gasteiger partial charge in [-0.3, -0.25) is 0 Å². The molecule has 0 heterocycles. The fraction of sp³-hybridized carbons (Fsp3) is 0. The van der Waals surface area contributed by atoms with E-state index >= 15 is 0 Å². The first kappa shape index (κ1) is 12.3. The molecular formula is C13H11ClN2O2. The Morgan fingerprint density at radius 3 is 2.67 bits per heavy atom. The van der Waals surface area contributed by atoms with Crippen molar-refractivity contribution in [3.63, 3.8) is 0 Å². The van der Waals surface area contributed by atoms with Crippen molar-refractivity contribution in [1.82, 2.24) is 0 Å². The molecule has 0 aliphatic rings. The van der Waals surface area contributed by atoms with Crippen molar-refractivity contribution in [2.45, 2.75) is 0 Å². The van der Waals surface area contributed by atoms with Crippen molar-refractivity contribution < 1.29 is 9.90 Å². The number of aromatic carboxylic acids is 1. The minimum Gasteiger partial charge on any atom is -0.478 e. The number of benzene rings is 2. The predicted molar refractivity (Wildman–Crippen MR) is 72.5 cm³/mol. The number of rotatable bonds is 3. The van der Waals surface area contributed by atoms with E-state index in [4.69, 9.17) is 22.4 Å². The van der Waals surface area contributed by atoms with E-state index in [2.05, 4.69) is 5.32 Å². The summed E-state index contributed by atoms with van der Waals surface area (Å²) in [5.41, 5.74) is 7.72. The summed E-state index contributed by atoms with van der Waals surface area (Å²) in [4.78, 5) is 10.9. The monoisotopic (exact) mass is 262 g/mol. The molecule has 0 amide bonds. The molecule has 0 saturated heterocycles. The topological polar surface area (TPSA) is 75.4 Å². The standard InChI is InChI=1S/C13H11ClN2O2/c14-9-2-1-3-10(7-9)16-12-6-8(13(17)18)4-5-11(12)15/h1-7,16H,15H2,(H,17,18). The zero-order chi connectivity index (χ0) is 13.1. The van der Waals surface area contributed by atoms with Crippen molar-refractivity contribution in [3.05, 3.63) is 53.1 Å². The summed E-state index contributed by atoms with van der Waals surface area (Å²) in [6.45, 7) is 0. The van der Waals surface area contributed by atoms with Gasteiger partial charge in [-0.15, -0.1) is 0 Å². The molecule has 5 heteroatoms. The van der Waals surface area contributed by atoms with E-state index in [0.29, 0.717) is 16.4 Å². The number of carboxylic acid groups (broad SMARTS) is 1. The molecule has 0 saturated carbocycles. The van der Waals surface area contributed by atoms with E-state index in [1.807, 2.05) is 6.07 Å². The molecule has 2 aromatic rings. The van der Waals surface area contributed by atoms with Crippen LogP contribution in [0.25, 0.3) is 0 Å². The van der Waals surface area contributed by atoms with Crippen molar-refractivity contribution in [1.29, 1.82) is 0 Å². The average molecular weight is 263 g/mol. The molecule has 0 atom stereocenters. The molecule has 0 unspecified atom stereocenters. The van der Waals surface area contributed by atoms with E-state index < -0.39 is 5.97 Å². The van der Waals surface area contributed by atoms with Gasteiger partial charge in [-0.1, -0.05) is 17.7 Å². The molecule has 0 aliphatic heterocycles. The van der Waals surface area contributed by atoms with E-state index in [1.165, 1.54) is 12.1 Å². The van der Waals surface area contributed by atoms with Crippen LogP contribution in [0.4, 0.5) is 17.1 Å². The summed E-state index contributed by atoms with van der Waals surface area (Å²) < 4.78 is 0. The molecule has 0 fully saturated rings. The Hall–Kier alpha value is -2.20. The number of nitrogens with one attached hydrogen (secondary N) is 1. The minimum absolute atomic E-state index is 0.175. The van der Waals surface area contributed by atoms with Gasteiger partial charge in [0.1, 0.15) is 0 Å². The molecule has 4 N–H and O–H groups in total. The first-order valence-electron chi connectivity index (χ1n) is 5.21. The van der Waals surface area contributed by atoms with Crippen LogP contribution in [0.5, 0.6) is 0 Å². The van der Waals surface area contributed by atoms with Crippen LogP contribution in [0.1, 0.15) is 10.4 Å². The molecule has 0 radical (unpaired) electrons. The van der Waals surface area contributed by atoms with Crippen molar-refractivity contribution in [2.24, 2.45) is 0 Å². The third kappa shape index (κ3) is 2.73. The highest BCUT2D eigenvalue weighted by molar-refractivity contribution is 6.30. The lowest BCUT2D eigenvalue weighted by Crippen LogP contribution is -2.01. The van der Waals surface area contributed by atoms with Gasteiger partial charge >= 0.3 is 5.97 Å². The van der Waals surface area contributed by atoms with E-state index in [9.17, 15) is 4.79 Å². The smallest absolute Gasteiger partial charge is 0.335 e. The maximum atomic E-state index is 10.9. The number of halogens is 1. The second-order valence-corrected chi connectivity index (χ2v) is 4.18. The van der Waals surface area contributed by atoms with Gasteiger partial charge in [-0.05, 0) is 36.4 Å². The lowest BCUT2D eigenvalue weighted by Gasteiger charge is -2.10. The highest BCUT2D eigenvalue weighted by Crippen LogP contribution is 2.25. The summed E-state index contributed by atoms with van der Waals surface area (Å²) in [7, 11) is 0. The average Bonchev–Trinajstić information content (AvgIpc) is 2.31. The van der Waals surface area contributed by atoms with Crippen LogP contribution in [-0.2, 0) is 0 Å². The van der Waals surface area contributed by atoms with Gasteiger partial charge in [0.15, 0.2) is 0 Å². The van der Waals surface area contributed by atoms with Crippen LogP contribution in [0, 0.1) is 0 Å². The first-order valence-corrected chi connectivity index (χ1v) is 5.59. The number of hydrogen-bond acceptors (Lipinski definition) is 3. The number of nitrogens with two attached hydrogens (primary N) is 1. The van der Waals surface area contributed by atoms with Crippen LogP contribution < -0.4 is 11.1 Å². The summed E-state index contributed by atoms with van der Waals surface area (Å²) >= 11 is 5.87. The Labute approximate surface area is 109 Å². The quantitative estimate of drug-likeness (QED) is 0.742. The van der Waals surface area contributed by atoms with E-state index in [1.54, 1.807) is 24.3 Å². The molecule has 0 spiro atoms. The summed E-state index contributed by atoms with van der Waals surface area (Å²) in [6.07, 6.45) is 0. The lowest BCUT2D eigenvalue weighted by molar-refractivity contribution is 0.0697. The lowest BCUT2D eigenvalue weighted by atomic mass is 10.1. The number of anilines is 3. The normalized spacial score (nSPS) is 10.1. The fourth-order valence-electron chi connectivity index (χ4n) is 1.52. The summed E-state index contributed by atoms with van der Waals surface area (Å²) in [5.74, 6) is -0.996. The van der Waals surface area contributed by atoms with Crippen molar-refractivity contribution >= 4 is 34.6 Å². The molecular weight excluding hydrogens is 252 g/mol. The second kappa shape index (κ2) is 4.98. The van der Waals surface area contributed by atoms with Crippen LogP contribution in [0.3, 0.4) is 0 Å². The maximum absolute atomic E-state index is 10.9.